The van der Waals surface area contributed by atoms with Crippen LogP contribution < -0.4 is 4.74 Å². The molecular weight excluding hydrogens is 372 g/mol. The van der Waals surface area contributed by atoms with Gasteiger partial charge in [-0.25, -0.2) is 0 Å². The van der Waals surface area contributed by atoms with Crippen molar-refractivity contribution in [2.24, 2.45) is 17.8 Å². The average molecular weight is 417 g/mol. The van der Waals surface area contributed by atoms with Crippen LogP contribution in [0.15, 0.2) is 24.3 Å². The first kappa shape index (κ1) is 23.6. The van der Waals surface area contributed by atoms with Gasteiger partial charge in [0.15, 0.2) is 6.29 Å². The summed E-state index contributed by atoms with van der Waals surface area (Å²) in [5.74, 6) is 3.44. The third-order valence-corrected chi connectivity index (χ3v) is 7.02. The quantitative estimate of drug-likeness (QED) is 0.327. The van der Waals surface area contributed by atoms with Crippen molar-refractivity contribution in [3.05, 3.63) is 29.8 Å². The summed E-state index contributed by atoms with van der Waals surface area (Å²) in [6, 6.07) is 8.28. The summed E-state index contributed by atoms with van der Waals surface area (Å²) in [5.41, 5.74) is 1.09. The molecule has 0 amide bonds. The zero-order valence-corrected chi connectivity index (χ0v) is 19.5. The Bertz CT molecular complexity index is 554. The monoisotopic (exact) mass is 416 g/mol. The fourth-order valence-electron chi connectivity index (χ4n) is 5.09. The van der Waals surface area contributed by atoms with Gasteiger partial charge in [0.05, 0.1) is 19.8 Å². The summed E-state index contributed by atoms with van der Waals surface area (Å²) in [6.45, 7) is 6.94. The van der Waals surface area contributed by atoms with Gasteiger partial charge in [-0.2, -0.15) is 0 Å². The minimum atomic E-state index is -0.218. The molecule has 1 aliphatic heterocycles. The van der Waals surface area contributed by atoms with E-state index in [-0.39, 0.29) is 6.29 Å². The summed E-state index contributed by atoms with van der Waals surface area (Å²) in [6.07, 6.45) is 16.1. The molecule has 3 rings (SSSR count). The predicted octanol–water partition coefficient (Wildman–Crippen LogP) is 7.69. The Kier molecular flexibility index (Phi) is 10.5. The summed E-state index contributed by atoms with van der Waals surface area (Å²) in [7, 11) is 0. The molecule has 0 unspecified atom stereocenters. The van der Waals surface area contributed by atoms with Crippen molar-refractivity contribution in [1.82, 2.24) is 0 Å². The van der Waals surface area contributed by atoms with Gasteiger partial charge in [0.25, 0.3) is 0 Å². The molecule has 30 heavy (non-hydrogen) atoms. The highest BCUT2D eigenvalue weighted by molar-refractivity contribution is 5.28. The second-order valence-corrected chi connectivity index (χ2v) is 9.60. The normalized spacial score (nSPS) is 27.1. The molecule has 0 aromatic heterocycles. The van der Waals surface area contributed by atoms with Crippen LogP contribution in [0.2, 0.25) is 0 Å². The van der Waals surface area contributed by atoms with E-state index in [0.29, 0.717) is 5.92 Å². The van der Waals surface area contributed by atoms with Crippen molar-refractivity contribution >= 4 is 0 Å². The zero-order valence-electron chi connectivity index (χ0n) is 19.5. The number of hydrogen-bond donors (Lipinski definition) is 0. The average Bonchev–Trinajstić information content (AvgIpc) is 2.79. The molecule has 1 aromatic rings. The molecule has 3 nitrogen and oxygen atoms in total. The first-order chi connectivity index (χ1) is 14.8. The topological polar surface area (TPSA) is 27.7 Å². The van der Waals surface area contributed by atoms with Gasteiger partial charge in [0, 0.05) is 11.5 Å². The molecule has 2 aliphatic rings. The zero-order chi connectivity index (χ0) is 21.0. The molecule has 1 heterocycles. The molecular formula is C27H44O3. The maximum atomic E-state index is 5.99. The highest BCUT2D eigenvalue weighted by Crippen LogP contribution is 2.34. The van der Waals surface area contributed by atoms with Crippen molar-refractivity contribution in [1.29, 1.82) is 0 Å². The highest BCUT2D eigenvalue weighted by Gasteiger charge is 2.23. The summed E-state index contributed by atoms with van der Waals surface area (Å²) in [5, 5.41) is 0. The molecule has 0 spiro atoms. The molecule has 170 valence electrons. The molecule has 3 heteroatoms. The molecule has 1 aliphatic carbocycles. The number of ether oxygens (including phenoxy) is 3. The van der Waals surface area contributed by atoms with Gasteiger partial charge >= 0.3 is 0 Å². The van der Waals surface area contributed by atoms with E-state index >= 15 is 0 Å². The Balaban J connectivity index is 1.27. The Morgan fingerprint density at radius 3 is 1.97 bits per heavy atom. The molecule has 1 aromatic carbocycles. The summed E-state index contributed by atoms with van der Waals surface area (Å²) < 4.78 is 17.8. The lowest BCUT2D eigenvalue weighted by Gasteiger charge is -2.29. The van der Waals surface area contributed by atoms with E-state index in [1.165, 1.54) is 77.0 Å². The minimum Gasteiger partial charge on any atom is -0.494 e. The van der Waals surface area contributed by atoms with Crippen LogP contribution in [0.1, 0.15) is 103 Å². The summed E-state index contributed by atoms with van der Waals surface area (Å²) >= 11 is 0. The first-order valence-electron chi connectivity index (χ1n) is 12.7. The lowest BCUT2D eigenvalue weighted by Crippen LogP contribution is -2.26. The van der Waals surface area contributed by atoms with E-state index in [9.17, 15) is 0 Å². The largest absolute Gasteiger partial charge is 0.494 e. The van der Waals surface area contributed by atoms with E-state index in [1.807, 2.05) is 0 Å². The Labute approximate surface area is 184 Å². The first-order valence-corrected chi connectivity index (χ1v) is 12.7. The van der Waals surface area contributed by atoms with E-state index in [0.717, 1.165) is 43.0 Å². The standard InChI is InChI=1S/C27H44O3/c1-3-5-6-9-22-11-13-23(14-12-22)10-7-19-28-26-17-15-25(16-18-26)27-29-20-24(8-4-2)21-30-27/h15-18,22-24,27H,3-14,19-21H2,1-2H3/t22-,23-,24-,27-. The van der Waals surface area contributed by atoms with Crippen LogP contribution >= 0.6 is 0 Å². The molecule has 0 bridgehead atoms. The van der Waals surface area contributed by atoms with Crippen LogP contribution in [-0.2, 0) is 9.47 Å². The molecule has 2 fully saturated rings. The molecule has 1 saturated heterocycles. The van der Waals surface area contributed by atoms with Crippen LogP contribution in [0, 0.1) is 17.8 Å². The molecule has 1 saturated carbocycles. The van der Waals surface area contributed by atoms with Crippen molar-refractivity contribution in [2.45, 2.75) is 97.2 Å². The lowest BCUT2D eigenvalue weighted by molar-refractivity contribution is -0.206. The van der Waals surface area contributed by atoms with Crippen LogP contribution in [0.4, 0.5) is 0 Å². The second-order valence-electron chi connectivity index (χ2n) is 9.60. The second kappa shape index (κ2) is 13.4. The van der Waals surface area contributed by atoms with Crippen LogP contribution in [-0.4, -0.2) is 19.8 Å². The third kappa shape index (κ3) is 7.89. The number of unbranched alkanes of at least 4 members (excludes halogenated alkanes) is 2. The lowest BCUT2D eigenvalue weighted by atomic mass is 9.78. The number of benzene rings is 1. The van der Waals surface area contributed by atoms with Crippen molar-refractivity contribution in [3.8, 4) is 5.75 Å². The molecule has 0 atom stereocenters. The van der Waals surface area contributed by atoms with Gasteiger partial charge in [0.1, 0.15) is 5.75 Å². The van der Waals surface area contributed by atoms with Crippen molar-refractivity contribution in [2.75, 3.05) is 19.8 Å². The van der Waals surface area contributed by atoms with Gasteiger partial charge in [0.2, 0.25) is 0 Å². The van der Waals surface area contributed by atoms with E-state index in [1.54, 1.807) is 0 Å². The van der Waals surface area contributed by atoms with Gasteiger partial charge in [-0.05, 0) is 43.2 Å². The van der Waals surface area contributed by atoms with Crippen LogP contribution in [0.25, 0.3) is 0 Å². The van der Waals surface area contributed by atoms with E-state index in [2.05, 4.69) is 38.1 Å². The predicted molar refractivity (Wildman–Crippen MR) is 124 cm³/mol. The van der Waals surface area contributed by atoms with Crippen molar-refractivity contribution in [3.63, 3.8) is 0 Å². The minimum absolute atomic E-state index is 0.218. The maximum Gasteiger partial charge on any atom is 0.183 e. The van der Waals surface area contributed by atoms with E-state index in [4.69, 9.17) is 14.2 Å². The summed E-state index contributed by atoms with van der Waals surface area (Å²) in [4.78, 5) is 0. The fraction of sp³-hybridized carbons (Fsp3) is 0.778. The molecule has 0 radical (unpaired) electrons. The SMILES string of the molecule is CCCCC[C@H]1CC[C@H](CCCOc2ccc([C@H]3OC[C@H](CCC)CO3)cc2)CC1. The van der Waals surface area contributed by atoms with Crippen molar-refractivity contribution < 1.29 is 14.2 Å². The fourth-order valence-corrected chi connectivity index (χ4v) is 5.09. The van der Waals surface area contributed by atoms with Gasteiger partial charge in [-0.1, -0.05) is 83.8 Å². The van der Waals surface area contributed by atoms with Gasteiger partial charge in [-0.3, -0.25) is 0 Å². The third-order valence-electron chi connectivity index (χ3n) is 7.02. The van der Waals surface area contributed by atoms with Gasteiger partial charge in [-0.15, -0.1) is 0 Å². The highest BCUT2D eigenvalue weighted by atomic mass is 16.7. The Hall–Kier alpha value is -1.06. The van der Waals surface area contributed by atoms with Crippen LogP contribution in [0.3, 0.4) is 0 Å². The smallest absolute Gasteiger partial charge is 0.183 e. The van der Waals surface area contributed by atoms with Gasteiger partial charge < -0.3 is 14.2 Å². The molecule has 0 N–H and O–H groups in total. The Morgan fingerprint density at radius 1 is 0.733 bits per heavy atom. The van der Waals surface area contributed by atoms with E-state index < -0.39 is 0 Å². The maximum absolute atomic E-state index is 5.99. The number of hydrogen-bond acceptors (Lipinski definition) is 3. The Morgan fingerprint density at radius 2 is 1.37 bits per heavy atom. The van der Waals surface area contributed by atoms with Crippen LogP contribution in [0.5, 0.6) is 5.75 Å². The number of rotatable bonds is 12.